The zero-order chi connectivity index (χ0) is 22.7. The molecule has 2 saturated carbocycles. The predicted octanol–water partition coefficient (Wildman–Crippen LogP) is 3.41. The van der Waals surface area contributed by atoms with Gasteiger partial charge in [-0.25, -0.2) is 4.79 Å². The average molecular weight is 432 g/mol. The van der Waals surface area contributed by atoms with Crippen molar-refractivity contribution in [3.05, 3.63) is 30.3 Å². The highest BCUT2D eigenvalue weighted by molar-refractivity contribution is 5.76. The average Bonchev–Trinajstić information content (AvgIpc) is 3.04. The summed E-state index contributed by atoms with van der Waals surface area (Å²) in [7, 11) is 3.91. The third-order valence-corrected chi connectivity index (χ3v) is 7.99. The van der Waals surface area contributed by atoms with E-state index >= 15 is 0 Å². The summed E-state index contributed by atoms with van der Waals surface area (Å²) in [5.41, 5.74) is 0.470. The fourth-order valence-electron chi connectivity index (χ4n) is 5.40. The second kappa shape index (κ2) is 9.19. The van der Waals surface area contributed by atoms with Crippen molar-refractivity contribution in [2.24, 2.45) is 16.7 Å². The minimum absolute atomic E-state index is 0.0883. The molecule has 172 valence electrons. The molecule has 0 unspecified atom stereocenters. The Morgan fingerprint density at radius 3 is 2.45 bits per heavy atom. The maximum Gasteiger partial charge on any atom is 0.361 e. The van der Waals surface area contributed by atoms with E-state index in [-0.39, 0.29) is 41.9 Å². The number of hydrogen-bond donors (Lipinski definition) is 1. The molecule has 6 nitrogen and oxygen atoms in total. The highest BCUT2D eigenvalue weighted by Gasteiger charge is 2.61. The van der Waals surface area contributed by atoms with Crippen LogP contribution in [0.2, 0.25) is 0 Å². The minimum atomic E-state index is -0.274. The lowest BCUT2D eigenvalue weighted by atomic mass is 9.69. The number of rotatable bonds is 10. The molecule has 3 rings (SSSR count). The van der Waals surface area contributed by atoms with E-state index in [9.17, 15) is 9.59 Å². The van der Waals surface area contributed by atoms with Crippen LogP contribution in [0, 0.1) is 16.7 Å². The number of nitrogens with one attached hydrogen (secondary N) is 1. The van der Waals surface area contributed by atoms with Gasteiger partial charge in [-0.3, -0.25) is 4.79 Å². The molecule has 3 atom stereocenters. The second-order valence-corrected chi connectivity index (χ2v) is 10.7. The first kappa shape index (κ1) is 23.6. The van der Waals surface area contributed by atoms with Crippen molar-refractivity contribution in [2.45, 2.75) is 52.5 Å². The predicted molar refractivity (Wildman–Crippen MR) is 121 cm³/mol. The molecular weight excluding hydrogens is 392 g/mol. The topological polar surface area (TPSA) is 64.6 Å². The maximum absolute atomic E-state index is 12.7. The number of esters is 1. The Morgan fingerprint density at radius 1 is 1.13 bits per heavy atom. The fourth-order valence-corrected chi connectivity index (χ4v) is 5.40. The van der Waals surface area contributed by atoms with Crippen LogP contribution in [-0.4, -0.2) is 62.8 Å². The molecule has 0 radical (unpaired) electrons. The molecule has 0 aromatic heterocycles. The van der Waals surface area contributed by atoms with Gasteiger partial charge < -0.3 is 19.3 Å². The van der Waals surface area contributed by atoms with Crippen LogP contribution in [0.1, 0.15) is 46.5 Å². The van der Waals surface area contributed by atoms with Crippen molar-refractivity contribution in [3.8, 4) is 5.75 Å². The van der Waals surface area contributed by atoms with Crippen molar-refractivity contribution in [1.82, 2.24) is 5.32 Å². The van der Waals surface area contributed by atoms with E-state index in [1.54, 1.807) is 0 Å². The lowest BCUT2D eigenvalue weighted by Crippen LogP contribution is -2.49. The van der Waals surface area contributed by atoms with Crippen LogP contribution in [0.15, 0.2) is 30.3 Å². The first-order valence-electron chi connectivity index (χ1n) is 11.5. The summed E-state index contributed by atoms with van der Waals surface area (Å²) in [6, 6.07) is 9.72. The van der Waals surface area contributed by atoms with E-state index in [0.717, 1.165) is 12.2 Å². The molecule has 6 heteroatoms. The van der Waals surface area contributed by atoms with E-state index in [0.29, 0.717) is 30.0 Å². The Kier molecular flexibility index (Phi) is 6.99. The van der Waals surface area contributed by atoms with Gasteiger partial charge in [0.05, 0.1) is 27.1 Å². The van der Waals surface area contributed by atoms with Gasteiger partial charge in [-0.1, -0.05) is 39.0 Å². The normalized spacial score (nSPS) is 26.5. The quantitative estimate of drug-likeness (QED) is 0.350. The summed E-state index contributed by atoms with van der Waals surface area (Å²) in [6.07, 6.45) is 3.97. The van der Waals surface area contributed by atoms with Crippen LogP contribution in [0.3, 0.4) is 0 Å². The van der Waals surface area contributed by atoms with E-state index in [4.69, 9.17) is 9.47 Å². The van der Waals surface area contributed by atoms with Crippen molar-refractivity contribution in [3.63, 3.8) is 0 Å². The Labute approximate surface area is 186 Å². The third kappa shape index (κ3) is 5.40. The molecule has 1 aromatic rings. The van der Waals surface area contributed by atoms with Crippen molar-refractivity contribution < 1.29 is 23.5 Å². The van der Waals surface area contributed by atoms with Gasteiger partial charge in [-0.2, -0.15) is 0 Å². The maximum atomic E-state index is 12.7. The summed E-state index contributed by atoms with van der Waals surface area (Å²) >= 11 is 0. The highest BCUT2D eigenvalue weighted by Crippen LogP contribution is 2.65. The molecule has 1 N–H and O–H groups in total. The number of nitrogens with zero attached hydrogens (tertiary/aromatic N) is 1. The van der Waals surface area contributed by atoms with E-state index < -0.39 is 0 Å². The molecule has 0 heterocycles. The molecule has 2 aliphatic rings. The van der Waals surface area contributed by atoms with Crippen LogP contribution in [0.25, 0.3) is 0 Å². The number of fused-ring (bicyclic) bond motifs is 2. The van der Waals surface area contributed by atoms with Crippen LogP contribution in [-0.2, 0) is 14.3 Å². The summed E-state index contributed by atoms with van der Waals surface area (Å²) in [5.74, 6) is 1.28. The monoisotopic (exact) mass is 431 g/mol. The molecule has 0 saturated heterocycles. The molecular formula is C25H39N2O4+. The standard InChI is InChI=1S/C25H38N2O4/c1-24(2)19-11-13-25(24,3)21(17-19)26-22(28)12-14-27(4,5)18-23(29)31-16-15-30-20-9-7-6-8-10-20/h6-10,19,21H,11-18H2,1-5H3/p+1/t19-,21-,25-/m1/s1. The van der Waals surface area contributed by atoms with E-state index in [2.05, 4.69) is 26.1 Å². The SMILES string of the molecule is CC1(C)[C@@H]2CC[C@]1(C)[C@H](NC(=O)CC[N+](C)(C)CC(=O)OCCOc1ccccc1)C2. The summed E-state index contributed by atoms with van der Waals surface area (Å²) in [5, 5.41) is 3.31. The number of quaternary nitrogens is 1. The van der Waals surface area contributed by atoms with Gasteiger partial charge in [0.15, 0.2) is 6.54 Å². The first-order chi connectivity index (χ1) is 14.5. The van der Waals surface area contributed by atoms with Gasteiger partial charge in [-0.15, -0.1) is 0 Å². The number of para-hydroxylation sites is 1. The number of ether oxygens (including phenoxy) is 2. The molecule has 2 fully saturated rings. The lowest BCUT2D eigenvalue weighted by Gasteiger charge is -2.39. The van der Waals surface area contributed by atoms with Gasteiger partial charge in [-0.05, 0) is 48.1 Å². The van der Waals surface area contributed by atoms with Gasteiger partial charge >= 0.3 is 5.97 Å². The zero-order valence-corrected chi connectivity index (χ0v) is 19.8. The smallest absolute Gasteiger partial charge is 0.361 e. The number of carbonyl (C=O) groups is 2. The fraction of sp³-hybridized carbons (Fsp3) is 0.680. The van der Waals surface area contributed by atoms with Crippen molar-refractivity contribution in [2.75, 3.05) is 40.4 Å². The third-order valence-electron chi connectivity index (χ3n) is 7.99. The van der Waals surface area contributed by atoms with Crippen LogP contribution < -0.4 is 10.1 Å². The first-order valence-corrected chi connectivity index (χ1v) is 11.5. The molecule has 2 bridgehead atoms. The van der Waals surface area contributed by atoms with Gasteiger partial charge in [0, 0.05) is 6.04 Å². The largest absolute Gasteiger partial charge is 0.490 e. The molecule has 2 aliphatic carbocycles. The van der Waals surface area contributed by atoms with Gasteiger partial charge in [0.25, 0.3) is 0 Å². The number of hydrogen-bond acceptors (Lipinski definition) is 4. The Bertz CT molecular complexity index is 777. The summed E-state index contributed by atoms with van der Waals surface area (Å²) in [6.45, 7) is 8.41. The lowest BCUT2D eigenvalue weighted by molar-refractivity contribution is -0.882. The second-order valence-electron chi connectivity index (χ2n) is 10.7. The zero-order valence-electron chi connectivity index (χ0n) is 19.8. The Hall–Kier alpha value is -2.08. The van der Waals surface area contributed by atoms with Gasteiger partial charge in [0.2, 0.25) is 5.91 Å². The Balaban J connectivity index is 1.35. The number of carbonyl (C=O) groups excluding carboxylic acids is 2. The number of amides is 1. The van der Waals surface area contributed by atoms with E-state index in [1.165, 1.54) is 12.8 Å². The van der Waals surface area contributed by atoms with Crippen LogP contribution >= 0.6 is 0 Å². The summed E-state index contributed by atoms with van der Waals surface area (Å²) < 4.78 is 11.3. The van der Waals surface area contributed by atoms with E-state index in [1.807, 2.05) is 44.4 Å². The molecule has 0 spiro atoms. The molecule has 31 heavy (non-hydrogen) atoms. The molecule has 1 aromatic carbocycles. The minimum Gasteiger partial charge on any atom is -0.490 e. The molecule has 1 amide bonds. The molecule has 0 aliphatic heterocycles. The Morgan fingerprint density at radius 2 is 1.84 bits per heavy atom. The highest BCUT2D eigenvalue weighted by atomic mass is 16.6. The number of likely N-dealkylation sites (N-methyl/N-ethyl adjacent to an activating group) is 1. The van der Waals surface area contributed by atoms with Crippen molar-refractivity contribution in [1.29, 1.82) is 0 Å². The van der Waals surface area contributed by atoms with Crippen LogP contribution in [0.4, 0.5) is 0 Å². The summed E-state index contributed by atoms with van der Waals surface area (Å²) in [4.78, 5) is 24.9. The van der Waals surface area contributed by atoms with Crippen LogP contribution in [0.5, 0.6) is 5.75 Å². The van der Waals surface area contributed by atoms with Crippen molar-refractivity contribution >= 4 is 11.9 Å². The van der Waals surface area contributed by atoms with Gasteiger partial charge in [0.1, 0.15) is 19.0 Å². The number of benzene rings is 1.